The van der Waals surface area contributed by atoms with Crippen LogP contribution < -0.4 is 0 Å². The number of hydrogen-bond acceptors (Lipinski definition) is 3. The van der Waals surface area contributed by atoms with E-state index in [1.54, 1.807) is 4.90 Å². The van der Waals surface area contributed by atoms with Gasteiger partial charge in [-0.3, -0.25) is 0 Å². The Morgan fingerprint density at radius 1 is 1.39 bits per heavy atom. The molecule has 1 aromatic carbocycles. The number of carbonyl (C=O) groups is 1. The van der Waals surface area contributed by atoms with Crippen LogP contribution in [-0.4, -0.2) is 35.3 Å². The number of piperidine rings is 1. The summed E-state index contributed by atoms with van der Waals surface area (Å²) in [5.41, 5.74) is 0.982. The number of rotatable bonds is 3. The molecule has 96 valence electrons. The third-order valence-electron chi connectivity index (χ3n) is 3.93. The molecule has 2 aliphatic rings. The molecule has 1 amide bonds. The number of aliphatic hydroxyl groups excluding tert-OH is 1. The fourth-order valence-corrected chi connectivity index (χ4v) is 2.82. The molecule has 4 heteroatoms. The van der Waals surface area contributed by atoms with Gasteiger partial charge in [-0.05, 0) is 23.8 Å². The molecule has 1 aliphatic heterocycles. The third kappa shape index (κ3) is 2.08. The highest BCUT2D eigenvalue weighted by Gasteiger charge is 2.54. The monoisotopic (exact) mass is 247 g/mol. The molecule has 0 bridgehead atoms. The minimum Gasteiger partial charge on any atom is -0.445 e. The van der Waals surface area contributed by atoms with Crippen molar-refractivity contribution < 1.29 is 14.6 Å². The summed E-state index contributed by atoms with van der Waals surface area (Å²) in [4.78, 5) is 13.6. The molecule has 0 spiro atoms. The summed E-state index contributed by atoms with van der Waals surface area (Å²) in [6, 6.07) is 9.60. The Labute approximate surface area is 106 Å². The molecule has 1 aliphatic carbocycles. The van der Waals surface area contributed by atoms with Gasteiger partial charge in [0.25, 0.3) is 0 Å². The van der Waals surface area contributed by atoms with Gasteiger partial charge in [-0.1, -0.05) is 30.3 Å². The van der Waals surface area contributed by atoms with Crippen molar-refractivity contribution >= 4 is 6.09 Å². The molecule has 1 saturated heterocycles. The van der Waals surface area contributed by atoms with Crippen molar-refractivity contribution in [1.82, 2.24) is 4.90 Å². The van der Waals surface area contributed by atoms with Crippen LogP contribution >= 0.6 is 0 Å². The molecule has 1 saturated carbocycles. The first-order chi connectivity index (χ1) is 8.79. The van der Waals surface area contributed by atoms with Crippen molar-refractivity contribution in [1.29, 1.82) is 0 Å². The van der Waals surface area contributed by atoms with Crippen molar-refractivity contribution in [2.45, 2.75) is 19.1 Å². The van der Waals surface area contributed by atoms with Gasteiger partial charge in [-0.15, -0.1) is 0 Å². The second-order valence-electron chi connectivity index (χ2n) is 5.10. The first kappa shape index (κ1) is 11.5. The largest absolute Gasteiger partial charge is 0.445 e. The van der Waals surface area contributed by atoms with Gasteiger partial charge in [0.05, 0.1) is 12.6 Å². The molecule has 1 aromatic rings. The Hall–Kier alpha value is -1.55. The number of amides is 1. The van der Waals surface area contributed by atoms with Crippen LogP contribution in [0.1, 0.15) is 12.0 Å². The van der Waals surface area contributed by atoms with E-state index in [4.69, 9.17) is 4.74 Å². The highest BCUT2D eigenvalue weighted by molar-refractivity contribution is 5.69. The standard InChI is InChI=1S/C14H17NO3/c16-8-13-12-6-11(12)7-15(13)14(17)18-9-10-4-2-1-3-5-10/h1-5,11-13,16H,6-9H2/t11?,12?,13-/m1/s1. The second-order valence-corrected chi connectivity index (χ2v) is 5.10. The van der Waals surface area contributed by atoms with Crippen LogP contribution in [0.2, 0.25) is 0 Å². The quantitative estimate of drug-likeness (QED) is 0.883. The Morgan fingerprint density at radius 3 is 2.89 bits per heavy atom. The maximum atomic E-state index is 11.9. The molecule has 0 aromatic heterocycles. The molecule has 0 radical (unpaired) electrons. The highest BCUT2D eigenvalue weighted by atomic mass is 16.6. The fourth-order valence-electron chi connectivity index (χ4n) is 2.82. The van der Waals surface area contributed by atoms with Gasteiger partial charge in [-0.2, -0.15) is 0 Å². The first-order valence-electron chi connectivity index (χ1n) is 6.38. The average molecular weight is 247 g/mol. The van der Waals surface area contributed by atoms with E-state index in [-0.39, 0.29) is 18.7 Å². The Morgan fingerprint density at radius 2 is 2.17 bits per heavy atom. The van der Waals surface area contributed by atoms with Crippen molar-refractivity contribution in [3.63, 3.8) is 0 Å². The summed E-state index contributed by atoms with van der Waals surface area (Å²) in [5.74, 6) is 1.09. The van der Waals surface area contributed by atoms with Crippen LogP contribution in [0.4, 0.5) is 4.79 Å². The smallest absolute Gasteiger partial charge is 0.410 e. The number of fused-ring (bicyclic) bond motifs is 1. The maximum Gasteiger partial charge on any atom is 0.410 e. The van der Waals surface area contributed by atoms with Crippen LogP contribution in [0.25, 0.3) is 0 Å². The number of carbonyl (C=O) groups excluding carboxylic acids is 1. The molecule has 3 atom stereocenters. The van der Waals surface area contributed by atoms with Crippen LogP contribution in [-0.2, 0) is 11.3 Å². The van der Waals surface area contributed by atoms with Gasteiger partial charge in [0.15, 0.2) is 0 Å². The van der Waals surface area contributed by atoms with E-state index in [1.807, 2.05) is 30.3 Å². The summed E-state index contributed by atoms with van der Waals surface area (Å²) < 4.78 is 5.29. The molecule has 1 heterocycles. The van der Waals surface area contributed by atoms with E-state index in [0.717, 1.165) is 18.5 Å². The summed E-state index contributed by atoms with van der Waals surface area (Å²) in [6.45, 7) is 1.08. The van der Waals surface area contributed by atoms with E-state index in [1.165, 1.54) is 0 Å². The van der Waals surface area contributed by atoms with Gasteiger partial charge < -0.3 is 14.7 Å². The predicted molar refractivity (Wildman–Crippen MR) is 65.8 cm³/mol. The number of likely N-dealkylation sites (tertiary alicyclic amines) is 1. The number of hydrogen-bond donors (Lipinski definition) is 1. The van der Waals surface area contributed by atoms with E-state index >= 15 is 0 Å². The molecular weight excluding hydrogens is 230 g/mol. The van der Waals surface area contributed by atoms with Crippen LogP contribution in [0.5, 0.6) is 0 Å². The zero-order chi connectivity index (χ0) is 12.5. The van der Waals surface area contributed by atoms with E-state index < -0.39 is 0 Å². The molecular formula is C14H17NO3. The van der Waals surface area contributed by atoms with Crippen LogP contribution in [0.15, 0.2) is 30.3 Å². The fraction of sp³-hybridized carbons (Fsp3) is 0.500. The number of ether oxygens (including phenoxy) is 1. The highest BCUT2D eigenvalue weighted by Crippen LogP contribution is 2.49. The molecule has 2 fully saturated rings. The van der Waals surface area contributed by atoms with Gasteiger partial charge >= 0.3 is 6.09 Å². The SMILES string of the molecule is O=C(OCc1ccccc1)N1CC2CC2[C@H]1CO. The zero-order valence-electron chi connectivity index (χ0n) is 10.2. The number of nitrogens with zero attached hydrogens (tertiary/aromatic N) is 1. The second kappa shape index (κ2) is 4.61. The topological polar surface area (TPSA) is 49.8 Å². The van der Waals surface area contributed by atoms with Crippen molar-refractivity contribution in [2.75, 3.05) is 13.2 Å². The first-order valence-corrected chi connectivity index (χ1v) is 6.38. The summed E-state index contributed by atoms with van der Waals surface area (Å²) >= 11 is 0. The van der Waals surface area contributed by atoms with Gasteiger partial charge in [0.1, 0.15) is 6.61 Å². The third-order valence-corrected chi connectivity index (χ3v) is 3.93. The summed E-state index contributed by atoms with van der Waals surface area (Å²) in [7, 11) is 0. The lowest BCUT2D eigenvalue weighted by atomic mass is 10.2. The van der Waals surface area contributed by atoms with Gasteiger partial charge in [-0.25, -0.2) is 4.79 Å². The van der Waals surface area contributed by atoms with E-state index in [2.05, 4.69) is 0 Å². The zero-order valence-corrected chi connectivity index (χ0v) is 10.2. The lowest BCUT2D eigenvalue weighted by Crippen LogP contribution is -2.40. The summed E-state index contributed by atoms with van der Waals surface area (Å²) in [6.07, 6.45) is 0.846. The van der Waals surface area contributed by atoms with Crippen molar-refractivity contribution in [3.8, 4) is 0 Å². The predicted octanol–water partition coefficient (Wildman–Crippen LogP) is 1.64. The van der Waals surface area contributed by atoms with Gasteiger partial charge in [0, 0.05) is 6.54 Å². The number of benzene rings is 1. The van der Waals surface area contributed by atoms with E-state index in [9.17, 15) is 9.90 Å². The van der Waals surface area contributed by atoms with Crippen LogP contribution in [0, 0.1) is 11.8 Å². The van der Waals surface area contributed by atoms with Crippen molar-refractivity contribution in [3.05, 3.63) is 35.9 Å². The van der Waals surface area contributed by atoms with E-state index in [0.29, 0.717) is 18.4 Å². The Balaban J connectivity index is 1.56. The Kier molecular flexibility index (Phi) is 2.96. The maximum absolute atomic E-state index is 11.9. The van der Waals surface area contributed by atoms with Crippen molar-refractivity contribution in [2.24, 2.45) is 11.8 Å². The van der Waals surface area contributed by atoms with Gasteiger partial charge in [0.2, 0.25) is 0 Å². The average Bonchev–Trinajstić information content (AvgIpc) is 3.09. The molecule has 2 unspecified atom stereocenters. The minimum absolute atomic E-state index is 0.0294. The summed E-state index contributed by atoms with van der Waals surface area (Å²) in [5, 5.41) is 9.32. The normalized spacial score (nSPS) is 28.9. The Bertz CT molecular complexity index is 434. The molecule has 4 nitrogen and oxygen atoms in total. The van der Waals surface area contributed by atoms with Crippen LogP contribution in [0.3, 0.4) is 0 Å². The molecule has 3 rings (SSSR count). The molecule has 1 N–H and O–H groups in total. The lowest BCUT2D eigenvalue weighted by molar-refractivity contribution is 0.0713. The number of aliphatic hydroxyl groups is 1. The molecule has 18 heavy (non-hydrogen) atoms. The minimum atomic E-state index is -0.301. The lowest BCUT2D eigenvalue weighted by Gasteiger charge is -2.25.